The van der Waals surface area contributed by atoms with E-state index in [1.54, 1.807) is 6.20 Å². The number of carbonyl (C=O) groups excluding carboxylic acids is 2. The molecule has 0 atom stereocenters. The molecule has 0 bridgehead atoms. The highest BCUT2D eigenvalue weighted by Crippen LogP contribution is 2.27. The second kappa shape index (κ2) is 6.83. The van der Waals surface area contributed by atoms with Crippen LogP contribution in [0.15, 0.2) is 42.6 Å². The van der Waals surface area contributed by atoms with Crippen LogP contribution in [0.25, 0.3) is 10.9 Å². The van der Waals surface area contributed by atoms with Crippen molar-refractivity contribution in [2.45, 2.75) is 33.1 Å². The van der Waals surface area contributed by atoms with Crippen molar-refractivity contribution in [1.29, 1.82) is 0 Å². The zero-order valence-corrected chi connectivity index (χ0v) is 15.4. The van der Waals surface area contributed by atoms with E-state index >= 15 is 0 Å². The molecular weight excluding hydrogens is 338 g/mol. The van der Waals surface area contributed by atoms with Crippen molar-refractivity contribution in [2.75, 3.05) is 10.6 Å². The van der Waals surface area contributed by atoms with Gasteiger partial charge in [0.25, 0.3) is 5.91 Å². The van der Waals surface area contributed by atoms with Crippen molar-refractivity contribution >= 4 is 34.1 Å². The second-order valence-electron chi connectivity index (χ2n) is 7.06. The highest BCUT2D eigenvalue weighted by Gasteiger charge is 2.16. The Morgan fingerprint density at radius 3 is 2.81 bits per heavy atom. The van der Waals surface area contributed by atoms with Gasteiger partial charge < -0.3 is 10.6 Å². The quantitative estimate of drug-likeness (QED) is 0.713. The smallest absolute Gasteiger partial charge is 0.257 e. The summed E-state index contributed by atoms with van der Waals surface area (Å²) in [5.74, 6) is -0.141. The van der Waals surface area contributed by atoms with Crippen LogP contribution < -0.4 is 10.6 Å². The average Bonchev–Trinajstić information content (AvgIpc) is 2.82. The number of aryl methyl sites for hydroxylation is 3. The van der Waals surface area contributed by atoms with Crippen molar-refractivity contribution in [1.82, 2.24) is 4.98 Å². The molecule has 4 rings (SSSR count). The minimum atomic E-state index is -0.181. The lowest BCUT2D eigenvalue weighted by atomic mass is 10.0. The van der Waals surface area contributed by atoms with Crippen LogP contribution in [0.2, 0.25) is 0 Å². The summed E-state index contributed by atoms with van der Waals surface area (Å²) < 4.78 is 0. The summed E-state index contributed by atoms with van der Waals surface area (Å²) in [6.07, 6.45) is 3.87. The van der Waals surface area contributed by atoms with Crippen molar-refractivity contribution in [3.05, 3.63) is 64.8 Å². The molecule has 0 spiro atoms. The molecule has 3 aromatic rings. The fraction of sp³-hybridized carbons (Fsp3) is 0.227. The maximum atomic E-state index is 13.0. The highest BCUT2D eigenvalue weighted by atomic mass is 16.2. The first-order chi connectivity index (χ1) is 13.0. The number of fused-ring (bicyclic) bond motifs is 2. The largest absolute Gasteiger partial charge is 0.326 e. The lowest BCUT2D eigenvalue weighted by Crippen LogP contribution is -2.14. The molecule has 0 fully saturated rings. The molecule has 2 N–H and O–H groups in total. The van der Waals surface area contributed by atoms with E-state index in [-0.39, 0.29) is 11.8 Å². The molecule has 0 saturated carbocycles. The molecule has 27 heavy (non-hydrogen) atoms. The van der Waals surface area contributed by atoms with Gasteiger partial charge in [0.05, 0.1) is 11.1 Å². The molecule has 2 heterocycles. The fourth-order valence-electron chi connectivity index (χ4n) is 3.56. The normalized spacial score (nSPS) is 13.6. The van der Waals surface area contributed by atoms with Crippen molar-refractivity contribution in [2.24, 2.45) is 0 Å². The molecular formula is C22H21N3O2. The monoisotopic (exact) mass is 359 g/mol. The number of benzene rings is 2. The van der Waals surface area contributed by atoms with Crippen molar-refractivity contribution < 1.29 is 9.59 Å². The Labute approximate surface area is 157 Å². The van der Waals surface area contributed by atoms with Gasteiger partial charge in [-0.05, 0) is 79.8 Å². The minimum Gasteiger partial charge on any atom is -0.326 e. The first-order valence-electron chi connectivity index (χ1n) is 9.11. The Hall–Kier alpha value is -3.21. The van der Waals surface area contributed by atoms with Gasteiger partial charge in [0.2, 0.25) is 5.91 Å². The van der Waals surface area contributed by atoms with Crippen LogP contribution in [0.3, 0.4) is 0 Å². The Morgan fingerprint density at radius 1 is 1.11 bits per heavy atom. The van der Waals surface area contributed by atoms with Crippen LogP contribution in [0.4, 0.5) is 11.4 Å². The van der Waals surface area contributed by atoms with E-state index in [9.17, 15) is 9.59 Å². The summed E-state index contributed by atoms with van der Waals surface area (Å²) in [4.78, 5) is 29.1. The number of aromatic nitrogens is 1. The molecule has 0 unspecified atom stereocenters. The molecule has 0 aliphatic carbocycles. The van der Waals surface area contributed by atoms with Crippen molar-refractivity contribution in [3.63, 3.8) is 0 Å². The van der Waals surface area contributed by atoms with Gasteiger partial charge >= 0.3 is 0 Å². The number of carbonyl (C=O) groups is 2. The van der Waals surface area contributed by atoms with E-state index in [2.05, 4.69) is 21.7 Å². The van der Waals surface area contributed by atoms with Crippen LogP contribution in [-0.2, 0) is 11.2 Å². The van der Waals surface area contributed by atoms with Gasteiger partial charge in [0, 0.05) is 29.4 Å². The van der Waals surface area contributed by atoms with Crippen LogP contribution in [0.5, 0.6) is 0 Å². The van der Waals surface area contributed by atoms with Crippen LogP contribution in [0, 0.1) is 13.8 Å². The van der Waals surface area contributed by atoms with Crippen molar-refractivity contribution in [3.8, 4) is 0 Å². The molecule has 0 saturated heterocycles. The molecule has 1 aliphatic heterocycles. The first-order valence-corrected chi connectivity index (χ1v) is 9.11. The molecule has 1 aromatic heterocycles. The van der Waals surface area contributed by atoms with Gasteiger partial charge in [-0.2, -0.15) is 0 Å². The summed E-state index contributed by atoms with van der Waals surface area (Å²) in [5, 5.41) is 6.89. The number of anilines is 2. The lowest BCUT2D eigenvalue weighted by Gasteiger charge is -2.12. The molecule has 5 nitrogen and oxygen atoms in total. The van der Waals surface area contributed by atoms with Gasteiger partial charge in [0.1, 0.15) is 0 Å². The Morgan fingerprint density at radius 2 is 1.96 bits per heavy atom. The molecule has 2 amide bonds. The molecule has 2 aromatic carbocycles. The van der Waals surface area contributed by atoms with Crippen LogP contribution >= 0.6 is 0 Å². The number of hydrogen-bond donors (Lipinski definition) is 2. The third-order valence-corrected chi connectivity index (χ3v) is 4.94. The lowest BCUT2D eigenvalue weighted by molar-refractivity contribution is -0.116. The van der Waals surface area contributed by atoms with E-state index in [4.69, 9.17) is 0 Å². The van der Waals surface area contributed by atoms with Gasteiger partial charge in [-0.1, -0.05) is 0 Å². The van der Waals surface area contributed by atoms with Gasteiger partial charge in [-0.15, -0.1) is 0 Å². The van der Waals surface area contributed by atoms with E-state index in [1.165, 1.54) is 0 Å². The number of amides is 2. The molecule has 1 aliphatic rings. The predicted octanol–water partition coefficient (Wildman–Crippen LogP) is 4.38. The Bertz CT molecular complexity index is 1070. The SMILES string of the molecule is Cc1cc(C(=O)Nc2ccc3c(c2)CCCC(=O)N3)c2nccc(C)c2c1. The van der Waals surface area contributed by atoms with Crippen LogP contribution in [0.1, 0.15) is 39.9 Å². The van der Waals surface area contributed by atoms with E-state index in [0.717, 1.165) is 46.3 Å². The number of nitrogens with zero attached hydrogens (tertiary/aromatic N) is 1. The number of pyridine rings is 1. The highest BCUT2D eigenvalue weighted by molar-refractivity contribution is 6.12. The van der Waals surface area contributed by atoms with Gasteiger partial charge in [-0.25, -0.2) is 0 Å². The van der Waals surface area contributed by atoms with Gasteiger partial charge in [-0.3, -0.25) is 14.6 Å². The molecule has 0 radical (unpaired) electrons. The van der Waals surface area contributed by atoms with Crippen LogP contribution in [-0.4, -0.2) is 16.8 Å². The fourth-order valence-corrected chi connectivity index (χ4v) is 3.56. The summed E-state index contributed by atoms with van der Waals surface area (Å²) in [6, 6.07) is 11.5. The maximum absolute atomic E-state index is 13.0. The van der Waals surface area contributed by atoms with E-state index in [1.807, 2.05) is 44.2 Å². The predicted molar refractivity (Wildman–Crippen MR) is 107 cm³/mol. The van der Waals surface area contributed by atoms with E-state index < -0.39 is 0 Å². The maximum Gasteiger partial charge on any atom is 0.257 e. The summed E-state index contributed by atoms with van der Waals surface area (Å²) in [7, 11) is 0. The number of hydrogen-bond acceptors (Lipinski definition) is 3. The second-order valence-corrected chi connectivity index (χ2v) is 7.06. The van der Waals surface area contributed by atoms with E-state index in [0.29, 0.717) is 17.5 Å². The molecule has 136 valence electrons. The Kier molecular flexibility index (Phi) is 4.36. The minimum absolute atomic E-state index is 0.0400. The molecule has 5 heteroatoms. The van der Waals surface area contributed by atoms with Gasteiger partial charge in [0.15, 0.2) is 0 Å². The average molecular weight is 359 g/mol. The third-order valence-electron chi connectivity index (χ3n) is 4.94. The first kappa shape index (κ1) is 17.2. The summed E-state index contributed by atoms with van der Waals surface area (Å²) >= 11 is 0. The zero-order valence-electron chi connectivity index (χ0n) is 15.4. The Balaban J connectivity index is 1.67. The number of rotatable bonds is 2. The number of nitrogens with one attached hydrogen (secondary N) is 2. The standard InChI is InChI=1S/C22H21N3O2/c1-13-10-17-14(2)8-9-23-21(17)18(11-13)22(27)24-16-6-7-19-15(12-16)4-3-5-20(26)25-19/h6-12H,3-5H2,1-2H3,(H,24,27)(H,25,26). The summed E-state index contributed by atoms with van der Waals surface area (Å²) in [6.45, 7) is 4.00. The zero-order chi connectivity index (χ0) is 19.0. The third kappa shape index (κ3) is 3.40. The topological polar surface area (TPSA) is 71.1 Å². The summed E-state index contributed by atoms with van der Waals surface area (Å²) in [5.41, 5.74) is 5.98.